The molecule has 17 heavy (non-hydrogen) atoms. The minimum absolute atomic E-state index is 0.172. The largest absolute Gasteiger partial charge is 0.368 e. The molecule has 0 saturated heterocycles. The van der Waals surface area contributed by atoms with E-state index in [9.17, 15) is 0 Å². The second kappa shape index (κ2) is 5.91. The molecule has 96 valence electrons. The highest BCUT2D eigenvalue weighted by atomic mass is 35.5. The van der Waals surface area contributed by atoms with Crippen LogP contribution in [0, 0.1) is 0 Å². The van der Waals surface area contributed by atoms with Gasteiger partial charge in [0.25, 0.3) is 0 Å². The molecule has 0 saturated carbocycles. The number of nitrogens with zero attached hydrogens (tertiary/aromatic N) is 2. The second-order valence-electron chi connectivity index (χ2n) is 4.90. The first kappa shape index (κ1) is 14.6. The molecule has 0 fully saturated rings. The molecule has 3 nitrogen and oxygen atoms in total. The van der Waals surface area contributed by atoms with E-state index in [0.717, 1.165) is 17.9 Å². The third-order valence-corrected chi connectivity index (χ3v) is 4.20. The van der Waals surface area contributed by atoms with E-state index in [1.165, 1.54) is 6.33 Å². The smallest absolute Gasteiger partial charge is 0.138 e. The highest BCUT2D eigenvalue weighted by Crippen LogP contribution is 2.29. The molecular weight excluding hydrogens is 254 g/mol. The fourth-order valence-corrected chi connectivity index (χ4v) is 1.96. The van der Waals surface area contributed by atoms with Crippen molar-refractivity contribution in [1.82, 2.24) is 9.97 Å². The second-order valence-corrected chi connectivity index (χ2v) is 6.77. The van der Waals surface area contributed by atoms with Gasteiger partial charge in [0, 0.05) is 16.9 Å². The molecule has 1 aromatic heterocycles. The number of aromatic nitrogens is 2. The molecule has 5 heteroatoms. The zero-order chi connectivity index (χ0) is 13.1. The molecule has 0 amide bonds. The van der Waals surface area contributed by atoms with Gasteiger partial charge in [-0.3, -0.25) is 0 Å². The molecule has 1 N–H and O–H groups in total. The first-order valence-corrected chi connectivity index (χ1v) is 7.27. The van der Waals surface area contributed by atoms with Gasteiger partial charge in [-0.2, -0.15) is 11.8 Å². The van der Waals surface area contributed by atoms with E-state index >= 15 is 0 Å². The lowest BCUT2D eigenvalue weighted by Gasteiger charge is -2.24. The molecule has 0 atom stereocenters. The average molecular weight is 274 g/mol. The number of rotatable bonds is 5. The Kier molecular flexibility index (Phi) is 5.07. The maximum Gasteiger partial charge on any atom is 0.138 e. The summed E-state index contributed by atoms with van der Waals surface area (Å²) in [4.78, 5) is 8.32. The van der Waals surface area contributed by atoms with Gasteiger partial charge in [-0.05, 0) is 26.0 Å². The lowest BCUT2D eigenvalue weighted by atomic mass is 10.1. The molecule has 0 bridgehead atoms. The van der Waals surface area contributed by atoms with E-state index in [2.05, 4.69) is 49.2 Å². The van der Waals surface area contributed by atoms with E-state index in [-0.39, 0.29) is 4.75 Å². The molecule has 0 aliphatic carbocycles. The number of hydrogen-bond acceptors (Lipinski definition) is 4. The van der Waals surface area contributed by atoms with E-state index in [1.807, 2.05) is 11.8 Å². The van der Waals surface area contributed by atoms with Gasteiger partial charge >= 0.3 is 0 Å². The highest BCUT2D eigenvalue weighted by Gasteiger charge is 2.18. The van der Waals surface area contributed by atoms with Gasteiger partial charge in [0.15, 0.2) is 0 Å². The Labute approximate surface area is 113 Å². The van der Waals surface area contributed by atoms with E-state index in [4.69, 9.17) is 11.6 Å². The Morgan fingerprint density at radius 3 is 2.59 bits per heavy atom. The maximum absolute atomic E-state index is 6.11. The van der Waals surface area contributed by atoms with Crippen LogP contribution in [0.1, 0.15) is 39.2 Å². The molecule has 0 spiro atoms. The van der Waals surface area contributed by atoms with Crippen molar-refractivity contribution in [2.45, 2.75) is 38.4 Å². The summed E-state index contributed by atoms with van der Waals surface area (Å²) in [5.41, 5.74) is 0.992. The van der Waals surface area contributed by atoms with Crippen molar-refractivity contribution in [3.63, 3.8) is 0 Å². The van der Waals surface area contributed by atoms with Gasteiger partial charge in [-0.25, -0.2) is 9.97 Å². The quantitative estimate of drug-likeness (QED) is 0.828. The highest BCUT2D eigenvalue weighted by molar-refractivity contribution is 7.99. The summed E-state index contributed by atoms with van der Waals surface area (Å²) in [6.07, 6.45) is 3.61. The summed E-state index contributed by atoms with van der Waals surface area (Å²) in [6, 6.07) is 0. The standard InChI is InChI=1S/C12H20ClN3S/c1-8(2)9-10(13)15-7-16-11(9)14-6-12(3,4)17-5/h7-8H,6H2,1-5H3,(H,14,15,16). The van der Waals surface area contributed by atoms with Crippen molar-refractivity contribution < 1.29 is 0 Å². The van der Waals surface area contributed by atoms with Gasteiger partial charge in [0.2, 0.25) is 0 Å². The van der Waals surface area contributed by atoms with Gasteiger partial charge in [0.1, 0.15) is 17.3 Å². The van der Waals surface area contributed by atoms with Crippen LogP contribution >= 0.6 is 23.4 Å². The SMILES string of the molecule is CSC(C)(C)CNc1ncnc(Cl)c1C(C)C. The Bertz CT molecular complexity index is 380. The monoisotopic (exact) mass is 273 g/mol. The number of nitrogens with one attached hydrogen (secondary N) is 1. The van der Waals surface area contributed by atoms with E-state index in [1.54, 1.807) is 0 Å². The molecule has 0 radical (unpaired) electrons. The van der Waals surface area contributed by atoms with Crippen LogP contribution in [-0.4, -0.2) is 27.5 Å². The zero-order valence-electron chi connectivity index (χ0n) is 11.0. The third kappa shape index (κ3) is 4.03. The lowest BCUT2D eigenvalue weighted by molar-refractivity contribution is 0.744. The van der Waals surface area contributed by atoms with Crippen molar-refractivity contribution in [2.75, 3.05) is 18.1 Å². The number of anilines is 1. The fourth-order valence-electron chi connectivity index (χ4n) is 1.40. The Morgan fingerprint density at radius 1 is 1.41 bits per heavy atom. The first-order valence-electron chi connectivity index (χ1n) is 5.67. The van der Waals surface area contributed by atoms with E-state index < -0.39 is 0 Å². The van der Waals surface area contributed by atoms with Crippen molar-refractivity contribution in [1.29, 1.82) is 0 Å². The zero-order valence-corrected chi connectivity index (χ0v) is 12.6. The first-order chi connectivity index (χ1) is 7.87. The minimum Gasteiger partial charge on any atom is -0.368 e. The van der Waals surface area contributed by atoms with Crippen molar-refractivity contribution in [2.24, 2.45) is 0 Å². The molecular formula is C12H20ClN3S. The summed E-state index contributed by atoms with van der Waals surface area (Å²) in [5.74, 6) is 1.16. The average Bonchev–Trinajstić information content (AvgIpc) is 2.26. The lowest BCUT2D eigenvalue weighted by Crippen LogP contribution is -2.26. The van der Waals surface area contributed by atoms with Gasteiger partial charge in [-0.15, -0.1) is 0 Å². The van der Waals surface area contributed by atoms with Crippen LogP contribution < -0.4 is 5.32 Å². The van der Waals surface area contributed by atoms with Crippen molar-refractivity contribution in [3.05, 3.63) is 17.0 Å². The van der Waals surface area contributed by atoms with Crippen molar-refractivity contribution in [3.8, 4) is 0 Å². The summed E-state index contributed by atoms with van der Waals surface area (Å²) in [6.45, 7) is 9.43. The topological polar surface area (TPSA) is 37.8 Å². The molecule has 1 rings (SSSR count). The van der Waals surface area contributed by atoms with Crippen molar-refractivity contribution >= 4 is 29.2 Å². The van der Waals surface area contributed by atoms with Crippen LogP contribution in [0.3, 0.4) is 0 Å². The van der Waals surface area contributed by atoms with Gasteiger partial charge in [-0.1, -0.05) is 25.4 Å². The summed E-state index contributed by atoms with van der Waals surface area (Å²) in [5, 5.41) is 3.91. The molecule has 1 heterocycles. The molecule has 1 aromatic rings. The summed E-state index contributed by atoms with van der Waals surface area (Å²) in [7, 11) is 0. The fraction of sp³-hybridized carbons (Fsp3) is 0.667. The van der Waals surface area contributed by atoms with Gasteiger partial charge in [0.05, 0.1) is 0 Å². The predicted octanol–water partition coefficient (Wildman–Crippen LogP) is 3.81. The molecule has 0 unspecified atom stereocenters. The van der Waals surface area contributed by atoms with E-state index in [0.29, 0.717) is 11.1 Å². The normalized spacial score (nSPS) is 11.9. The van der Waals surface area contributed by atoms with Gasteiger partial charge < -0.3 is 5.32 Å². The summed E-state index contributed by atoms with van der Waals surface area (Å²) >= 11 is 7.94. The minimum atomic E-state index is 0.172. The number of hydrogen-bond donors (Lipinski definition) is 1. The van der Waals surface area contributed by atoms with Crippen LogP contribution in [0.25, 0.3) is 0 Å². The summed E-state index contributed by atoms with van der Waals surface area (Å²) < 4.78 is 0.172. The Hall–Kier alpha value is -0.480. The van der Waals surface area contributed by atoms with Crippen LogP contribution in [0.4, 0.5) is 5.82 Å². The molecule has 0 aliphatic rings. The Morgan fingerprint density at radius 2 is 2.06 bits per heavy atom. The third-order valence-electron chi connectivity index (χ3n) is 2.65. The molecule has 0 aromatic carbocycles. The van der Waals surface area contributed by atoms with Crippen LogP contribution in [0.5, 0.6) is 0 Å². The Balaban J connectivity index is 2.88. The number of thioether (sulfide) groups is 1. The van der Waals surface area contributed by atoms with Crippen LogP contribution in [0.15, 0.2) is 6.33 Å². The molecule has 0 aliphatic heterocycles. The predicted molar refractivity (Wildman–Crippen MR) is 77.2 cm³/mol. The number of halogens is 1. The van der Waals surface area contributed by atoms with Crippen LogP contribution in [0.2, 0.25) is 5.15 Å². The maximum atomic E-state index is 6.11. The van der Waals surface area contributed by atoms with Crippen LogP contribution in [-0.2, 0) is 0 Å².